The molecule has 1 saturated heterocycles. The van der Waals surface area contributed by atoms with Gasteiger partial charge >= 0.3 is 0 Å². The van der Waals surface area contributed by atoms with Gasteiger partial charge in [-0.2, -0.15) is 5.10 Å². The number of aromatic amines is 1. The van der Waals surface area contributed by atoms with Crippen molar-refractivity contribution in [2.24, 2.45) is 11.8 Å². The normalized spacial score (nSPS) is 17.1. The van der Waals surface area contributed by atoms with Crippen molar-refractivity contribution in [3.63, 3.8) is 0 Å². The van der Waals surface area contributed by atoms with Crippen molar-refractivity contribution >= 4 is 29.3 Å². The maximum absolute atomic E-state index is 13.4. The van der Waals surface area contributed by atoms with Crippen LogP contribution in [-0.4, -0.2) is 65.5 Å². The van der Waals surface area contributed by atoms with Crippen molar-refractivity contribution < 1.29 is 14.3 Å². The van der Waals surface area contributed by atoms with Gasteiger partial charge in [-0.25, -0.2) is 0 Å². The molecule has 0 saturated carbocycles. The second-order valence-corrected chi connectivity index (χ2v) is 11.9. The second-order valence-electron chi connectivity index (χ2n) is 10.7. The van der Waals surface area contributed by atoms with E-state index in [2.05, 4.69) is 45.6 Å². The van der Waals surface area contributed by atoms with Crippen LogP contribution < -0.4 is 15.4 Å². The van der Waals surface area contributed by atoms with Gasteiger partial charge < -0.3 is 20.3 Å². The second kappa shape index (κ2) is 12.7. The molecule has 0 aliphatic carbocycles. The highest BCUT2D eigenvalue weighted by atomic mass is 32.2. The fourth-order valence-corrected chi connectivity index (χ4v) is 6.02. The van der Waals surface area contributed by atoms with Crippen LogP contribution >= 0.6 is 11.8 Å². The van der Waals surface area contributed by atoms with Gasteiger partial charge in [0.05, 0.1) is 17.8 Å². The minimum Gasteiger partial charge on any atom is -0.492 e. The average molecular weight is 548 g/mol. The van der Waals surface area contributed by atoms with E-state index < -0.39 is 0 Å². The van der Waals surface area contributed by atoms with E-state index in [1.165, 1.54) is 25.9 Å². The number of rotatable bonds is 10. The Morgan fingerprint density at radius 2 is 2.00 bits per heavy atom. The number of hydrogen-bond donors (Lipinski definition) is 3. The number of carbonyl (C=O) groups is 2. The van der Waals surface area contributed by atoms with Gasteiger partial charge in [0.15, 0.2) is 0 Å². The summed E-state index contributed by atoms with van der Waals surface area (Å²) >= 11 is 1.77. The third-order valence-corrected chi connectivity index (χ3v) is 8.24. The molecular formula is C30H37N5O3S. The Kier molecular flexibility index (Phi) is 8.88. The summed E-state index contributed by atoms with van der Waals surface area (Å²) in [6.07, 6.45) is 6.76. The molecule has 1 unspecified atom stereocenters. The molecular weight excluding hydrogens is 510 g/mol. The number of benzene rings is 2. The number of hydrogen-bond acceptors (Lipinski definition) is 6. The number of ether oxygens (including phenoxy) is 1. The number of fused-ring (bicyclic) bond motifs is 1. The molecule has 1 aromatic heterocycles. The molecule has 3 N–H and O–H groups in total. The fourth-order valence-electron chi connectivity index (χ4n) is 4.96. The molecule has 2 amide bonds. The summed E-state index contributed by atoms with van der Waals surface area (Å²) in [4.78, 5) is 29.5. The van der Waals surface area contributed by atoms with Gasteiger partial charge in [-0.3, -0.25) is 14.7 Å². The third-order valence-electron chi connectivity index (χ3n) is 7.21. The van der Waals surface area contributed by atoms with E-state index >= 15 is 0 Å². The van der Waals surface area contributed by atoms with E-state index in [4.69, 9.17) is 4.74 Å². The predicted molar refractivity (Wildman–Crippen MR) is 155 cm³/mol. The van der Waals surface area contributed by atoms with Crippen molar-refractivity contribution in [1.29, 1.82) is 0 Å². The van der Waals surface area contributed by atoms with Crippen molar-refractivity contribution in [3.8, 4) is 16.9 Å². The summed E-state index contributed by atoms with van der Waals surface area (Å²) in [5.41, 5.74) is 4.36. The predicted octanol–water partition coefficient (Wildman–Crippen LogP) is 4.84. The van der Waals surface area contributed by atoms with E-state index in [9.17, 15) is 9.59 Å². The highest BCUT2D eigenvalue weighted by Crippen LogP contribution is 2.34. The number of likely N-dealkylation sites (tertiary alicyclic amines) is 1. The Morgan fingerprint density at radius 1 is 1.15 bits per heavy atom. The minimum absolute atomic E-state index is 0.0761. The van der Waals surface area contributed by atoms with Crippen LogP contribution in [0.5, 0.6) is 5.75 Å². The number of amides is 2. The summed E-state index contributed by atoms with van der Waals surface area (Å²) in [5, 5.41) is 13.1. The Balaban J connectivity index is 1.27. The number of aromatic nitrogens is 2. The van der Waals surface area contributed by atoms with E-state index in [-0.39, 0.29) is 17.7 Å². The van der Waals surface area contributed by atoms with Crippen molar-refractivity contribution in [1.82, 2.24) is 20.4 Å². The van der Waals surface area contributed by atoms with Crippen LogP contribution in [0.15, 0.2) is 53.7 Å². The zero-order valence-electron chi connectivity index (χ0n) is 22.7. The summed E-state index contributed by atoms with van der Waals surface area (Å²) in [5.74, 6) is 1.54. The molecule has 2 aliphatic heterocycles. The van der Waals surface area contributed by atoms with E-state index in [1.54, 1.807) is 24.0 Å². The lowest BCUT2D eigenvalue weighted by Crippen LogP contribution is -2.33. The Hall–Kier alpha value is -3.30. The molecule has 1 fully saturated rings. The van der Waals surface area contributed by atoms with Crippen LogP contribution in [0.2, 0.25) is 0 Å². The average Bonchev–Trinajstić information content (AvgIpc) is 3.67. The molecule has 8 nitrogen and oxygen atoms in total. The van der Waals surface area contributed by atoms with Crippen LogP contribution in [0.3, 0.4) is 0 Å². The highest BCUT2D eigenvalue weighted by Gasteiger charge is 2.27. The molecule has 2 aliphatic rings. The first-order valence-corrected chi connectivity index (χ1v) is 14.8. The monoisotopic (exact) mass is 547 g/mol. The molecule has 3 heterocycles. The van der Waals surface area contributed by atoms with Gasteiger partial charge in [0, 0.05) is 41.1 Å². The summed E-state index contributed by atoms with van der Waals surface area (Å²) < 4.78 is 5.93. The van der Waals surface area contributed by atoms with Gasteiger partial charge in [0.1, 0.15) is 12.4 Å². The molecule has 1 atom stereocenters. The first-order chi connectivity index (χ1) is 19.0. The summed E-state index contributed by atoms with van der Waals surface area (Å²) in [6, 6.07) is 11.6. The molecule has 3 aromatic rings. The minimum atomic E-state index is -0.345. The number of anilines is 1. The Morgan fingerprint density at radius 3 is 2.77 bits per heavy atom. The summed E-state index contributed by atoms with van der Waals surface area (Å²) in [6.45, 7) is 8.43. The van der Waals surface area contributed by atoms with Crippen LogP contribution in [0, 0.1) is 11.8 Å². The number of nitrogens with zero attached hydrogens (tertiary/aromatic N) is 2. The smallest absolute Gasteiger partial charge is 0.251 e. The van der Waals surface area contributed by atoms with E-state index in [0.717, 1.165) is 45.3 Å². The van der Waals surface area contributed by atoms with Gasteiger partial charge in [-0.05, 0) is 79.7 Å². The first kappa shape index (κ1) is 27.3. The van der Waals surface area contributed by atoms with Gasteiger partial charge in [-0.1, -0.05) is 19.9 Å². The molecule has 0 radical (unpaired) electrons. The summed E-state index contributed by atoms with van der Waals surface area (Å²) in [7, 11) is 0. The zero-order chi connectivity index (χ0) is 27.2. The third kappa shape index (κ3) is 7.02. The molecule has 0 spiro atoms. The van der Waals surface area contributed by atoms with E-state index in [0.29, 0.717) is 31.1 Å². The lowest BCUT2D eigenvalue weighted by atomic mass is 9.94. The van der Waals surface area contributed by atoms with Crippen molar-refractivity contribution in [3.05, 3.63) is 59.9 Å². The lowest BCUT2D eigenvalue weighted by molar-refractivity contribution is -0.121. The number of H-pyrrole nitrogens is 1. The largest absolute Gasteiger partial charge is 0.492 e. The van der Waals surface area contributed by atoms with Crippen LogP contribution in [0.1, 0.15) is 42.6 Å². The molecule has 5 rings (SSSR count). The van der Waals surface area contributed by atoms with Gasteiger partial charge in [0.2, 0.25) is 5.91 Å². The number of carbonyl (C=O) groups excluding carboxylic acids is 2. The molecule has 0 bridgehead atoms. The van der Waals surface area contributed by atoms with Crippen LogP contribution in [0.25, 0.3) is 11.1 Å². The van der Waals surface area contributed by atoms with Gasteiger partial charge in [0.25, 0.3) is 5.91 Å². The van der Waals surface area contributed by atoms with Crippen molar-refractivity contribution in [2.45, 2.75) is 38.0 Å². The first-order valence-electron chi connectivity index (χ1n) is 13.8. The zero-order valence-corrected chi connectivity index (χ0v) is 23.5. The van der Waals surface area contributed by atoms with Crippen LogP contribution in [0.4, 0.5) is 5.69 Å². The number of thioether (sulfide) groups is 1. The van der Waals surface area contributed by atoms with Crippen LogP contribution in [-0.2, 0) is 11.2 Å². The lowest BCUT2D eigenvalue weighted by Gasteiger charge is -2.25. The molecule has 2 aromatic carbocycles. The topological polar surface area (TPSA) is 99.3 Å². The molecule has 9 heteroatoms. The Bertz CT molecular complexity index is 1290. The quantitative estimate of drug-likeness (QED) is 0.314. The molecule has 206 valence electrons. The van der Waals surface area contributed by atoms with E-state index in [1.807, 2.05) is 30.5 Å². The number of nitrogens with one attached hydrogen (secondary N) is 3. The fraction of sp³-hybridized carbons (Fsp3) is 0.433. The van der Waals surface area contributed by atoms with Crippen molar-refractivity contribution in [2.75, 3.05) is 43.9 Å². The van der Waals surface area contributed by atoms with Gasteiger partial charge in [-0.15, -0.1) is 11.8 Å². The maximum Gasteiger partial charge on any atom is 0.251 e. The highest BCUT2D eigenvalue weighted by molar-refractivity contribution is 7.99. The Labute approximate surface area is 234 Å². The standard InChI is InChI=1S/C30H37N5O3S/c1-20(2)16-31-29(36)22-6-8-27-23(13-22)14-24(19-38-27)30(37)34-26-7-5-21(25-17-32-33-18-25)15-28(26)39-12-11-35-9-3-4-10-35/h5-8,13,15,17-18,20,24H,3-4,9-12,14,16,19H2,1-2H3,(H,31,36)(H,32,33)(H,34,37). The SMILES string of the molecule is CC(C)CNC(=O)c1ccc2c(c1)CC(C(=O)Nc1ccc(-c3cn[nH]c3)cc1SCCN1CCCC1)CO2. The maximum atomic E-state index is 13.4. The molecule has 39 heavy (non-hydrogen) atoms.